The van der Waals surface area contributed by atoms with Gasteiger partial charge in [-0.3, -0.25) is 4.79 Å². The number of aromatic nitrogens is 2. The maximum absolute atomic E-state index is 12.3. The third kappa shape index (κ3) is 5.16. The SMILES string of the molecule is Cc1cc(C)n(-c2ccc(CCC(=O)Nc3cccc(OC(F)F)c3)cc2)n1. The highest BCUT2D eigenvalue weighted by Crippen LogP contribution is 2.20. The lowest BCUT2D eigenvalue weighted by molar-refractivity contribution is -0.116. The van der Waals surface area contributed by atoms with Crippen molar-refractivity contribution < 1.29 is 18.3 Å². The Morgan fingerprint density at radius 2 is 1.89 bits per heavy atom. The van der Waals surface area contributed by atoms with Crippen LogP contribution in [0.1, 0.15) is 23.4 Å². The second-order valence-corrected chi connectivity index (χ2v) is 6.46. The van der Waals surface area contributed by atoms with Gasteiger partial charge in [-0.2, -0.15) is 13.9 Å². The minimum absolute atomic E-state index is 0.00698. The predicted molar refractivity (Wildman–Crippen MR) is 103 cm³/mol. The molecule has 0 saturated carbocycles. The zero-order valence-electron chi connectivity index (χ0n) is 15.7. The van der Waals surface area contributed by atoms with Crippen LogP contribution in [0.4, 0.5) is 14.5 Å². The fraction of sp³-hybridized carbons (Fsp3) is 0.238. The third-order valence-electron chi connectivity index (χ3n) is 4.17. The fourth-order valence-corrected chi connectivity index (χ4v) is 2.93. The van der Waals surface area contributed by atoms with Crippen molar-refractivity contribution in [2.75, 3.05) is 5.32 Å². The van der Waals surface area contributed by atoms with Crippen molar-refractivity contribution in [3.63, 3.8) is 0 Å². The van der Waals surface area contributed by atoms with Gasteiger partial charge in [0.1, 0.15) is 5.75 Å². The van der Waals surface area contributed by atoms with E-state index in [-0.39, 0.29) is 18.1 Å². The molecular weight excluding hydrogens is 364 g/mol. The number of ether oxygens (including phenoxy) is 1. The minimum Gasteiger partial charge on any atom is -0.435 e. The second kappa shape index (κ2) is 8.65. The molecule has 7 heteroatoms. The van der Waals surface area contributed by atoms with Gasteiger partial charge in [0, 0.05) is 23.9 Å². The van der Waals surface area contributed by atoms with Crippen LogP contribution < -0.4 is 10.1 Å². The maximum atomic E-state index is 12.3. The Morgan fingerprint density at radius 3 is 2.54 bits per heavy atom. The van der Waals surface area contributed by atoms with E-state index in [4.69, 9.17) is 0 Å². The average Bonchev–Trinajstić information content (AvgIpc) is 2.98. The molecule has 0 saturated heterocycles. The van der Waals surface area contributed by atoms with Gasteiger partial charge >= 0.3 is 6.61 Å². The van der Waals surface area contributed by atoms with Gasteiger partial charge in [-0.25, -0.2) is 4.68 Å². The minimum atomic E-state index is -2.90. The Balaban J connectivity index is 1.55. The average molecular weight is 385 g/mol. The molecule has 5 nitrogen and oxygen atoms in total. The summed E-state index contributed by atoms with van der Waals surface area (Å²) in [6, 6.07) is 15.8. The van der Waals surface area contributed by atoms with E-state index in [1.807, 2.05) is 48.9 Å². The lowest BCUT2D eigenvalue weighted by atomic mass is 10.1. The molecule has 0 aliphatic carbocycles. The summed E-state index contributed by atoms with van der Waals surface area (Å²) in [6.45, 7) is 1.05. The number of hydrogen-bond acceptors (Lipinski definition) is 3. The number of anilines is 1. The Hall–Kier alpha value is -3.22. The predicted octanol–water partition coefficient (Wildman–Crippen LogP) is 4.66. The van der Waals surface area contributed by atoms with Gasteiger partial charge in [0.2, 0.25) is 5.91 Å². The Bertz CT molecular complexity index is 953. The summed E-state index contributed by atoms with van der Waals surface area (Å²) in [7, 11) is 0. The Labute approximate surface area is 161 Å². The molecule has 1 amide bonds. The molecular formula is C21H21F2N3O2. The van der Waals surface area contributed by atoms with Crippen LogP contribution in [0.15, 0.2) is 54.6 Å². The molecule has 0 fully saturated rings. The van der Waals surface area contributed by atoms with Crippen molar-refractivity contribution in [1.82, 2.24) is 9.78 Å². The number of benzene rings is 2. The summed E-state index contributed by atoms with van der Waals surface area (Å²) >= 11 is 0. The summed E-state index contributed by atoms with van der Waals surface area (Å²) in [5.41, 5.74) is 4.43. The molecule has 0 atom stereocenters. The quantitative estimate of drug-likeness (QED) is 0.643. The number of alkyl halides is 2. The molecule has 0 radical (unpaired) electrons. The maximum Gasteiger partial charge on any atom is 0.387 e. The number of carbonyl (C=O) groups excluding carboxylic acids is 1. The van der Waals surface area contributed by atoms with Crippen molar-refractivity contribution in [3.8, 4) is 11.4 Å². The summed E-state index contributed by atoms with van der Waals surface area (Å²) in [6.07, 6.45) is 0.843. The highest BCUT2D eigenvalue weighted by Gasteiger charge is 2.08. The molecule has 146 valence electrons. The Morgan fingerprint density at radius 1 is 1.14 bits per heavy atom. The largest absolute Gasteiger partial charge is 0.435 e. The van der Waals surface area contributed by atoms with Gasteiger partial charge < -0.3 is 10.1 Å². The first kappa shape index (κ1) is 19.5. The van der Waals surface area contributed by atoms with Crippen LogP contribution in [-0.4, -0.2) is 22.3 Å². The number of hydrogen-bond donors (Lipinski definition) is 1. The molecule has 0 spiro atoms. The first-order valence-corrected chi connectivity index (χ1v) is 8.88. The van der Waals surface area contributed by atoms with E-state index < -0.39 is 6.61 Å². The van der Waals surface area contributed by atoms with Crippen LogP contribution in [0.3, 0.4) is 0 Å². The number of amides is 1. The van der Waals surface area contributed by atoms with Crippen LogP contribution in [0.25, 0.3) is 5.69 Å². The lowest BCUT2D eigenvalue weighted by Gasteiger charge is -2.09. The molecule has 3 rings (SSSR count). The normalized spacial score (nSPS) is 10.9. The van der Waals surface area contributed by atoms with Gasteiger partial charge in [-0.1, -0.05) is 18.2 Å². The molecule has 0 bridgehead atoms. The van der Waals surface area contributed by atoms with Crippen molar-refractivity contribution in [3.05, 3.63) is 71.5 Å². The third-order valence-corrected chi connectivity index (χ3v) is 4.17. The van der Waals surface area contributed by atoms with Crippen LogP contribution in [-0.2, 0) is 11.2 Å². The summed E-state index contributed by atoms with van der Waals surface area (Å²) < 4.78 is 30.7. The molecule has 1 N–H and O–H groups in total. The number of carbonyl (C=O) groups is 1. The van der Waals surface area contributed by atoms with Crippen molar-refractivity contribution in [1.29, 1.82) is 0 Å². The van der Waals surface area contributed by atoms with E-state index in [9.17, 15) is 13.6 Å². The van der Waals surface area contributed by atoms with Crippen molar-refractivity contribution in [2.24, 2.45) is 0 Å². The van der Waals surface area contributed by atoms with E-state index in [0.29, 0.717) is 12.1 Å². The number of halogens is 2. The molecule has 1 aromatic heterocycles. The fourth-order valence-electron chi connectivity index (χ4n) is 2.93. The second-order valence-electron chi connectivity index (χ2n) is 6.46. The lowest BCUT2D eigenvalue weighted by Crippen LogP contribution is -2.12. The monoisotopic (exact) mass is 385 g/mol. The topological polar surface area (TPSA) is 56.2 Å². The van der Waals surface area contributed by atoms with E-state index in [2.05, 4.69) is 15.2 Å². The summed E-state index contributed by atoms with van der Waals surface area (Å²) in [5, 5.41) is 7.15. The van der Waals surface area contributed by atoms with Gasteiger partial charge in [0.25, 0.3) is 0 Å². The van der Waals surface area contributed by atoms with Crippen LogP contribution in [0, 0.1) is 13.8 Å². The van der Waals surface area contributed by atoms with Crippen molar-refractivity contribution >= 4 is 11.6 Å². The zero-order chi connectivity index (χ0) is 20.1. The van der Waals surface area contributed by atoms with Gasteiger partial charge in [0.05, 0.1) is 11.4 Å². The number of rotatable bonds is 7. The van der Waals surface area contributed by atoms with Crippen LogP contribution in [0.5, 0.6) is 5.75 Å². The smallest absolute Gasteiger partial charge is 0.387 e. The number of nitrogens with one attached hydrogen (secondary N) is 1. The highest BCUT2D eigenvalue weighted by molar-refractivity contribution is 5.91. The number of aryl methyl sites for hydroxylation is 3. The summed E-state index contributed by atoms with van der Waals surface area (Å²) in [4.78, 5) is 12.1. The highest BCUT2D eigenvalue weighted by atomic mass is 19.3. The molecule has 0 aliphatic heterocycles. The van der Waals surface area contributed by atoms with Gasteiger partial charge in [0.15, 0.2) is 0 Å². The molecule has 1 heterocycles. The van der Waals surface area contributed by atoms with E-state index >= 15 is 0 Å². The summed E-state index contributed by atoms with van der Waals surface area (Å²) in [5.74, 6) is -0.190. The first-order valence-electron chi connectivity index (χ1n) is 8.88. The molecule has 0 aliphatic rings. The van der Waals surface area contributed by atoms with E-state index in [1.54, 1.807) is 12.1 Å². The van der Waals surface area contributed by atoms with E-state index in [1.165, 1.54) is 12.1 Å². The molecule has 2 aromatic carbocycles. The van der Waals surface area contributed by atoms with Crippen LogP contribution >= 0.6 is 0 Å². The first-order chi connectivity index (χ1) is 13.4. The number of nitrogens with zero attached hydrogens (tertiary/aromatic N) is 2. The molecule has 3 aromatic rings. The molecule has 28 heavy (non-hydrogen) atoms. The van der Waals surface area contributed by atoms with Gasteiger partial charge in [-0.15, -0.1) is 0 Å². The van der Waals surface area contributed by atoms with Crippen molar-refractivity contribution in [2.45, 2.75) is 33.3 Å². The van der Waals surface area contributed by atoms with Gasteiger partial charge in [-0.05, 0) is 56.2 Å². The van der Waals surface area contributed by atoms with Crippen LogP contribution in [0.2, 0.25) is 0 Å². The molecule has 0 unspecified atom stereocenters. The Kier molecular flexibility index (Phi) is 6.03. The van der Waals surface area contributed by atoms with E-state index in [0.717, 1.165) is 22.6 Å². The zero-order valence-corrected chi connectivity index (χ0v) is 15.7. The standard InChI is InChI=1S/C21H21F2N3O2/c1-14-12-15(2)26(25-14)18-9-6-16(7-10-18)8-11-20(27)24-17-4-3-5-19(13-17)28-21(22)23/h3-7,9-10,12-13,21H,8,11H2,1-2H3,(H,24,27).